The number of fused-ring (bicyclic) bond motifs is 2. The molecule has 0 radical (unpaired) electrons. The number of sulfonamides is 1. The van der Waals surface area contributed by atoms with E-state index in [2.05, 4.69) is 30.5 Å². The number of aromatic nitrogens is 3. The molecule has 1 saturated heterocycles. The number of alkyl halides is 3. The number of carbonyl (C=O) groups is 2. The number of carbonyl (C=O) groups excluding carboxylic acids is 2. The van der Waals surface area contributed by atoms with E-state index in [1.54, 1.807) is 36.7 Å². The van der Waals surface area contributed by atoms with Gasteiger partial charge < -0.3 is 15.0 Å². The molecule has 3 aromatic heterocycles. The van der Waals surface area contributed by atoms with Gasteiger partial charge in [0.25, 0.3) is 31.7 Å². The third kappa shape index (κ3) is 10.9. The van der Waals surface area contributed by atoms with Gasteiger partial charge in [-0.25, -0.2) is 31.5 Å². The number of benzene rings is 3. The molecule has 0 unspecified atom stereocenters. The van der Waals surface area contributed by atoms with E-state index in [9.17, 15) is 35.2 Å². The van der Waals surface area contributed by atoms with Crippen LogP contribution in [0.5, 0.6) is 0 Å². The molecule has 6 aromatic rings. The molecule has 3 aromatic carbocycles. The second-order valence-corrected chi connectivity index (χ2v) is 21.5. The fourth-order valence-corrected chi connectivity index (χ4v) is 11.5. The van der Waals surface area contributed by atoms with Crippen LogP contribution in [0.2, 0.25) is 0 Å². The molecule has 1 fully saturated rings. The summed E-state index contributed by atoms with van der Waals surface area (Å²) in [6, 6.07) is 23.2. The van der Waals surface area contributed by atoms with Crippen molar-refractivity contribution in [2.75, 3.05) is 60.7 Å². The third-order valence-corrected chi connectivity index (χ3v) is 16.3. The van der Waals surface area contributed by atoms with Crippen LogP contribution in [0.1, 0.15) is 38.4 Å². The van der Waals surface area contributed by atoms with E-state index in [0.717, 1.165) is 32.9 Å². The van der Waals surface area contributed by atoms with E-state index >= 15 is 0 Å². The summed E-state index contributed by atoms with van der Waals surface area (Å²) in [5.74, 6) is -0.805. The van der Waals surface area contributed by atoms with Crippen LogP contribution in [-0.2, 0) is 37.6 Å². The van der Waals surface area contributed by atoms with E-state index in [4.69, 9.17) is 16.3 Å². The number of morpholine rings is 1. The summed E-state index contributed by atoms with van der Waals surface area (Å²) in [4.78, 5) is 43.2. The van der Waals surface area contributed by atoms with Gasteiger partial charge in [-0.2, -0.15) is 8.78 Å². The van der Waals surface area contributed by atoms with Crippen LogP contribution in [0, 0.1) is 0 Å². The van der Waals surface area contributed by atoms with Crippen molar-refractivity contribution >= 4 is 93.2 Å². The van der Waals surface area contributed by atoms with E-state index in [1.165, 1.54) is 35.2 Å². The lowest BCUT2D eigenvalue weighted by Gasteiger charge is -2.31. The van der Waals surface area contributed by atoms with Crippen molar-refractivity contribution in [2.24, 2.45) is 0 Å². The molecule has 0 spiro atoms. The van der Waals surface area contributed by atoms with Crippen LogP contribution in [-0.4, -0.2) is 104 Å². The second kappa shape index (κ2) is 19.7. The number of hydrogen-bond donors (Lipinski definition) is 3. The Morgan fingerprint density at radius 3 is 2.48 bits per heavy atom. The topological polar surface area (TPSA) is 193 Å². The molecule has 65 heavy (non-hydrogen) atoms. The maximum Gasteiger partial charge on any atom is 0.427 e. The van der Waals surface area contributed by atoms with Crippen molar-refractivity contribution < 1.29 is 39.9 Å². The summed E-state index contributed by atoms with van der Waals surface area (Å²) in [6.45, 7) is 3.77. The van der Waals surface area contributed by atoms with E-state index in [0.29, 0.717) is 86.1 Å². The minimum absolute atomic E-state index is 0.237. The number of thiazole rings is 1. The lowest BCUT2D eigenvalue weighted by Crippen LogP contribution is -2.39. The predicted octanol–water partition coefficient (Wildman–Crippen LogP) is 6.88. The molecule has 3 N–H and O–H groups in total. The molecule has 5 heterocycles. The summed E-state index contributed by atoms with van der Waals surface area (Å²) in [7, 11) is -10.6. The first-order chi connectivity index (χ1) is 31.1. The highest BCUT2D eigenvalue weighted by Gasteiger charge is 2.46. The number of halogens is 3. The number of amides is 2. The maximum absolute atomic E-state index is 14.7. The van der Waals surface area contributed by atoms with E-state index in [-0.39, 0.29) is 23.8 Å². The average Bonchev–Trinajstić information content (AvgIpc) is 3.72. The van der Waals surface area contributed by atoms with Crippen molar-refractivity contribution in [3.63, 3.8) is 0 Å². The van der Waals surface area contributed by atoms with Gasteiger partial charge >= 0.3 is 4.71 Å². The smallest absolute Gasteiger partial charge is 0.380 e. The molecule has 15 nitrogen and oxygen atoms in total. The molecular formula is C43H41ClF2N8O7S4. The molecule has 8 rings (SSSR count). The maximum atomic E-state index is 14.7. The number of sulfone groups is 1. The Balaban J connectivity index is 1.000. The SMILES string of the molecule is O=C(NS(=O)(=O)c1ccc(N[C@H](CCN2CCOCC2)CSc2ccccc2)c(S(=O)(=O)C(F)(F)Cl)c1)c1cccc(N2CCc3cccc(C(=O)Nc4nc5ccncc5s4)c3C2)n1. The van der Waals surface area contributed by atoms with Gasteiger partial charge in [-0.1, -0.05) is 47.7 Å². The van der Waals surface area contributed by atoms with Gasteiger partial charge in [-0.3, -0.25) is 24.8 Å². The third-order valence-electron chi connectivity index (χ3n) is 10.8. The minimum Gasteiger partial charge on any atom is -0.380 e. The molecule has 0 aliphatic carbocycles. The molecule has 0 saturated carbocycles. The van der Waals surface area contributed by atoms with Gasteiger partial charge in [0.1, 0.15) is 11.5 Å². The van der Waals surface area contributed by atoms with Crippen molar-refractivity contribution in [3.8, 4) is 0 Å². The summed E-state index contributed by atoms with van der Waals surface area (Å²) in [5.41, 5.74) is 2.23. The number of nitrogens with one attached hydrogen (secondary N) is 3. The molecule has 340 valence electrons. The van der Waals surface area contributed by atoms with Gasteiger partial charge in [0, 0.05) is 67.4 Å². The first-order valence-corrected chi connectivity index (χ1v) is 25.4. The highest BCUT2D eigenvalue weighted by atomic mass is 35.5. The zero-order chi connectivity index (χ0) is 45.8. The van der Waals surface area contributed by atoms with Crippen molar-refractivity contribution in [1.29, 1.82) is 0 Å². The van der Waals surface area contributed by atoms with Crippen molar-refractivity contribution in [1.82, 2.24) is 24.6 Å². The largest absolute Gasteiger partial charge is 0.427 e. The summed E-state index contributed by atoms with van der Waals surface area (Å²) in [5, 5.41) is 6.37. The number of anilines is 3. The highest BCUT2D eigenvalue weighted by Crippen LogP contribution is 2.38. The Morgan fingerprint density at radius 1 is 0.923 bits per heavy atom. The summed E-state index contributed by atoms with van der Waals surface area (Å²) < 4.78 is 86.8. The monoisotopic (exact) mass is 982 g/mol. The number of hydrogen-bond acceptors (Lipinski definition) is 15. The lowest BCUT2D eigenvalue weighted by molar-refractivity contribution is 0.0370. The van der Waals surface area contributed by atoms with Crippen LogP contribution in [0.25, 0.3) is 10.2 Å². The Hall–Kier alpha value is -5.29. The Bertz CT molecular complexity index is 2910. The number of thioether (sulfide) groups is 1. The number of nitrogens with zero attached hydrogens (tertiary/aromatic N) is 5. The second-order valence-electron chi connectivity index (χ2n) is 15.1. The standard InChI is InChI=1S/C43H41ClF2N8O7S4/c44-43(45,46)64(57,58)38-24-31(12-13-35(38)48-29(16-18-53-20-22-61-23-21-53)27-62-30-7-2-1-3-8-30)65(59,60)52-41(56)36-10-5-11-39(49-36)54-19-15-28-6-4-9-32(33(28)26-54)40(55)51-42-50-34-14-17-47-25-37(34)63-42/h1-14,17,24-25,29,48H,15-16,18-23,26-27H2,(H,52,56)(H,50,51,55)/t29-/m1/s1. The Morgan fingerprint density at radius 2 is 1.71 bits per heavy atom. The van der Waals surface area contributed by atoms with Gasteiger partial charge in [-0.05, 0) is 90.2 Å². The molecule has 0 bridgehead atoms. The zero-order valence-corrected chi connectivity index (χ0v) is 38.3. The van der Waals surface area contributed by atoms with Crippen LogP contribution in [0.3, 0.4) is 0 Å². The van der Waals surface area contributed by atoms with Gasteiger partial charge in [0.05, 0.1) is 38.9 Å². The highest BCUT2D eigenvalue weighted by molar-refractivity contribution is 7.99. The Labute approximate surface area is 386 Å². The summed E-state index contributed by atoms with van der Waals surface area (Å²) in [6.07, 6.45) is 4.30. The Kier molecular flexibility index (Phi) is 14.0. The fraction of sp³-hybridized carbons (Fsp3) is 0.279. The van der Waals surface area contributed by atoms with E-state index in [1.807, 2.05) is 46.0 Å². The predicted molar refractivity (Wildman–Crippen MR) is 246 cm³/mol. The quantitative estimate of drug-likeness (QED) is 0.0672. The summed E-state index contributed by atoms with van der Waals surface area (Å²) >= 11 is 7.92. The number of ether oxygens (including phenoxy) is 1. The van der Waals surface area contributed by atoms with Crippen LogP contribution in [0.4, 0.5) is 25.4 Å². The number of pyridine rings is 2. The molecular weight excluding hydrogens is 942 g/mol. The van der Waals surface area contributed by atoms with Gasteiger partial charge in [-0.15, -0.1) is 11.8 Å². The fourth-order valence-electron chi connectivity index (χ4n) is 7.38. The zero-order valence-electron chi connectivity index (χ0n) is 34.3. The normalized spacial score (nSPS) is 15.3. The van der Waals surface area contributed by atoms with E-state index < -0.39 is 46.3 Å². The molecule has 2 amide bonds. The minimum atomic E-state index is -5.68. The van der Waals surface area contributed by atoms with Crippen molar-refractivity contribution in [2.45, 2.75) is 44.8 Å². The van der Waals surface area contributed by atoms with Crippen LogP contribution in [0.15, 0.2) is 118 Å². The molecule has 1 atom stereocenters. The number of rotatable bonds is 16. The molecule has 22 heteroatoms. The first kappa shape index (κ1) is 46.2. The molecule has 2 aliphatic heterocycles. The van der Waals surface area contributed by atoms with Crippen LogP contribution < -0.4 is 20.3 Å². The first-order valence-electron chi connectivity index (χ1n) is 20.3. The van der Waals surface area contributed by atoms with Crippen molar-refractivity contribution in [3.05, 3.63) is 126 Å². The van der Waals surface area contributed by atoms with Gasteiger partial charge in [0.15, 0.2) is 5.13 Å². The lowest BCUT2D eigenvalue weighted by atomic mass is 9.94. The molecule has 2 aliphatic rings. The van der Waals surface area contributed by atoms with Crippen LogP contribution >= 0.6 is 34.7 Å². The van der Waals surface area contributed by atoms with Gasteiger partial charge in [0.2, 0.25) is 0 Å². The average molecular weight is 984 g/mol.